The number of benzene rings is 1. The molecule has 23 heavy (non-hydrogen) atoms. The van der Waals surface area contributed by atoms with Gasteiger partial charge in [0.15, 0.2) is 0 Å². The Kier molecular flexibility index (Phi) is 7.49. The molecule has 1 rings (SSSR count). The van der Waals surface area contributed by atoms with Crippen molar-refractivity contribution in [1.29, 1.82) is 0 Å². The Morgan fingerprint density at radius 3 is 2.43 bits per heavy atom. The second-order valence-electron chi connectivity index (χ2n) is 6.87. The van der Waals surface area contributed by atoms with Gasteiger partial charge in [-0.2, -0.15) is 0 Å². The molecular weight excluding hydrogens is 335 g/mol. The van der Waals surface area contributed by atoms with Gasteiger partial charge in [-0.25, -0.2) is 4.79 Å². The molecule has 0 saturated carbocycles. The molecule has 1 aromatic rings. The number of carbonyl (C=O) groups excluding carboxylic acids is 1. The first kappa shape index (κ1) is 19.9. The van der Waals surface area contributed by atoms with Crippen molar-refractivity contribution in [3.8, 4) is 0 Å². The second kappa shape index (κ2) is 8.65. The maximum Gasteiger partial charge on any atom is 0.407 e. The number of hydrogen-bond acceptors (Lipinski definition) is 3. The Hall–Kier alpha value is -1.13. The summed E-state index contributed by atoms with van der Waals surface area (Å²) in [5.41, 5.74) is 0.298. The van der Waals surface area contributed by atoms with Crippen LogP contribution in [0.1, 0.15) is 34.6 Å². The maximum atomic E-state index is 11.8. The van der Waals surface area contributed by atoms with E-state index in [1.54, 1.807) is 6.07 Å². The lowest BCUT2D eigenvalue weighted by atomic mass is 9.95. The topological polar surface area (TPSA) is 50.4 Å². The van der Waals surface area contributed by atoms with Gasteiger partial charge in [-0.3, -0.25) is 0 Å². The van der Waals surface area contributed by atoms with Gasteiger partial charge in [0.1, 0.15) is 5.60 Å². The predicted molar refractivity (Wildman–Crippen MR) is 97.5 cm³/mol. The van der Waals surface area contributed by atoms with Crippen LogP contribution in [0.2, 0.25) is 10.0 Å². The van der Waals surface area contributed by atoms with E-state index in [1.807, 2.05) is 32.9 Å². The standard InChI is InChI=1S/C17H26Cl2N2O2/c1-11(2)12(10-21-16(22)23-17(3,4)5)9-20-14-8-6-7-13(18)15(14)19/h6-8,11-12,20H,9-10H2,1-5H3,(H,21,22). The molecule has 0 saturated heterocycles. The van der Waals surface area contributed by atoms with Crippen molar-refractivity contribution in [2.24, 2.45) is 11.8 Å². The number of hydrogen-bond donors (Lipinski definition) is 2. The van der Waals surface area contributed by atoms with Crippen LogP contribution >= 0.6 is 23.2 Å². The number of rotatable bonds is 6. The first-order chi connectivity index (χ1) is 10.6. The van der Waals surface area contributed by atoms with E-state index in [0.29, 0.717) is 29.1 Å². The van der Waals surface area contributed by atoms with Gasteiger partial charge in [0.2, 0.25) is 0 Å². The molecule has 0 aliphatic heterocycles. The first-order valence-electron chi connectivity index (χ1n) is 7.75. The average molecular weight is 361 g/mol. The minimum Gasteiger partial charge on any atom is -0.444 e. The largest absolute Gasteiger partial charge is 0.444 e. The lowest BCUT2D eigenvalue weighted by Crippen LogP contribution is -2.38. The quantitative estimate of drug-likeness (QED) is 0.732. The van der Waals surface area contributed by atoms with Crippen molar-refractivity contribution >= 4 is 35.0 Å². The van der Waals surface area contributed by atoms with E-state index in [4.69, 9.17) is 27.9 Å². The van der Waals surface area contributed by atoms with E-state index in [-0.39, 0.29) is 5.92 Å². The fourth-order valence-corrected chi connectivity index (χ4v) is 2.32. The average Bonchev–Trinajstić information content (AvgIpc) is 2.40. The van der Waals surface area contributed by atoms with Gasteiger partial charge >= 0.3 is 6.09 Å². The molecule has 0 aromatic heterocycles. The zero-order valence-corrected chi connectivity index (χ0v) is 15.9. The van der Waals surface area contributed by atoms with Crippen molar-refractivity contribution < 1.29 is 9.53 Å². The summed E-state index contributed by atoms with van der Waals surface area (Å²) in [6.45, 7) is 11.0. The lowest BCUT2D eigenvalue weighted by molar-refractivity contribution is 0.0516. The zero-order chi connectivity index (χ0) is 17.6. The van der Waals surface area contributed by atoms with E-state index >= 15 is 0 Å². The van der Waals surface area contributed by atoms with Crippen molar-refractivity contribution in [3.63, 3.8) is 0 Å². The van der Waals surface area contributed by atoms with Crippen LogP contribution < -0.4 is 10.6 Å². The van der Waals surface area contributed by atoms with E-state index in [1.165, 1.54) is 0 Å². The van der Waals surface area contributed by atoms with Crippen LogP contribution in [0.15, 0.2) is 18.2 Å². The summed E-state index contributed by atoms with van der Waals surface area (Å²) < 4.78 is 5.26. The predicted octanol–water partition coefficient (Wildman–Crippen LogP) is 5.20. The monoisotopic (exact) mass is 360 g/mol. The van der Waals surface area contributed by atoms with Crippen LogP contribution in [0, 0.1) is 11.8 Å². The summed E-state index contributed by atoms with van der Waals surface area (Å²) in [4.78, 5) is 11.8. The number of halogens is 2. The highest BCUT2D eigenvalue weighted by atomic mass is 35.5. The first-order valence-corrected chi connectivity index (χ1v) is 8.50. The number of amides is 1. The third kappa shape index (κ3) is 7.32. The van der Waals surface area contributed by atoms with Crippen LogP contribution in [-0.4, -0.2) is 24.8 Å². The fraction of sp³-hybridized carbons (Fsp3) is 0.588. The molecule has 130 valence electrons. The van der Waals surface area contributed by atoms with Crippen LogP contribution in [-0.2, 0) is 4.74 Å². The normalized spacial score (nSPS) is 12.9. The summed E-state index contributed by atoms with van der Waals surface area (Å²) in [7, 11) is 0. The summed E-state index contributed by atoms with van der Waals surface area (Å²) in [6.07, 6.45) is -0.399. The van der Waals surface area contributed by atoms with Gasteiger partial charge in [-0.15, -0.1) is 0 Å². The molecule has 4 nitrogen and oxygen atoms in total. The molecule has 0 aliphatic carbocycles. The van der Waals surface area contributed by atoms with E-state index < -0.39 is 11.7 Å². The number of ether oxygens (including phenoxy) is 1. The molecule has 2 N–H and O–H groups in total. The Bertz CT molecular complexity index is 528. The van der Waals surface area contributed by atoms with Gasteiger partial charge in [0.25, 0.3) is 0 Å². The number of nitrogens with one attached hydrogen (secondary N) is 2. The molecule has 0 bridgehead atoms. The number of anilines is 1. The van der Waals surface area contributed by atoms with Crippen LogP contribution in [0.5, 0.6) is 0 Å². The van der Waals surface area contributed by atoms with Crippen molar-refractivity contribution in [2.75, 3.05) is 18.4 Å². The van der Waals surface area contributed by atoms with Crippen LogP contribution in [0.25, 0.3) is 0 Å². The van der Waals surface area contributed by atoms with Gasteiger partial charge in [0.05, 0.1) is 15.7 Å². The highest BCUT2D eigenvalue weighted by Crippen LogP contribution is 2.29. The summed E-state index contributed by atoms with van der Waals surface area (Å²) in [5, 5.41) is 7.15. The molecule has 1 aromatic carbocycles. The molecule has 1 unspecified atom stereocenters. The molecule has 0 fully saturated rings. The molecule has 1 atom stereocenters. The van der Waals surface area contributed by atoms with E-state index in [9.17, 15) is 4.79 Å². The molecule has 0 radical (unpaired) electrons. The molecule has 6 heteroatoms. The Morgan fingerprint density at radius 2 is 1.87 bits per heavy atom. The van der Waals surface area contributed by atoms with Crippen molar-refractivity contribution in [2.45, 2.75) is 40.2 Å². The molecule has 0 heterocycles. The number of carbonyl (C=O) groups is 1. The van der Waals surface area contributed by atoms with Gasteiger partial charge in [0, 0.05) is 13.1 Å². The molecule has 1 amide bonds. The minimum absolute atomic E-state index is 0.234. The minimum atomic E-state index is -0.496. The third-order valence-electron chi connectivity index (χ3n) is 3.36. The van der Waals surface area contributed by atoms with Gasteiger partial charge in [-0.1, -0.05) is 43.1 Å². The smallest absolute Gasteiger partial charge is 0.407 e. The fourth-order valence-electron chi connectivity index (χ4n) is 1.95. The van der Waals surface area contributed by atoms with Gasteiger partial charge < -0.3 is 15.4 Å². The number of alkyl carbamates (subject to hydrolysis) is 1. The van der Waals surface area contributed by atoms with Crippen LogP contribution in [0.4, 0.5) is 10.5 Å². The Morgan fingerprint density at radius 1 is 1.22 bits per heavy atom. The van der Waals surface area contributed by atoms with E-state index in [2.05, 4.69) is 24.5 Å². The van der Waals surface area contributed by atoms with Gasteiger partial charge in [-0.05, 0) is 44.7 Å². The summed E-state index contributed by atoms with van der Waals surface area (Å²) >= 11 is 12.2. The molecular formula is C17H26Cl2N2O2. The third-order valence-corrected chi connectivity index (χ3v) is 4.18. The Balaban J connectivity index is 2.56. The lowest BCUT2D eigenvalue weighted by Gasteiger charge is -2.24. The Labute approximate surface area is 148 Å². The highest BCUT2D eigenvalue weighted by Gasteiger charge is 2.19. The highest BCUT2D eigenvalue weighted by molar-refractivity contribution is 6.43. The maximum absolute atomic E-state index is 11.8. The van der Waals surface area contributed by atoms with E-state index in [0.717, 1.165) is 5.69 Å². The summed E-state index contributed by atoms with van der Waals surface area (Å²) in [5.74, 6) is 0.618. The summed E-state index contributed by atoms with van der Waals surface area (Å²) in [6, 6.07) is 5.48. The molecule has 0 aliphatic rings. The second-order valence-corrected chi connectivity index (χ2v) is 7.65. The zero-order valence-electron chi connectivity index (χ0n) is 14.4. The van der Waals surface area contributed by atoms with Crippen molar-refractivity contribution in [3.05, 3.63) is 28.2 Å². The molecule has 0 spiro atoms. The van der Waals surface area contributed by atoms with Crippen LogP contribution in [0.3, 0.4) is 0 Å². The SMILES string of the molecule is CC(C)C(CNC(=O)OC(C)(C)C)CNc1cccc(Cl)c1Cl. The van der Waals surface area contributed by atoms with Crippen molar-refractivity contribution in [1.82, 2.24) is 5.32 Å².